The number of fused-ring (bicyclic) bond motifs is 2. The van der Waals surface area contributed by atoms with E-state index in [0.717, 1.165) is 54.3 Å². The minimum Gasteiger partial charge on any atom is -0.486 e. The third-order valence-corrected chi connectivity index (χ3v) is 7.02. The Balaban J connectivity index is 1.52. The minimum absolute atomic E-state index is 0.0252. The number of nitrogens with one attached hydrogen (secondary N) is 1. The lowest BCUT2D eigenvalue weighted by Gasteiger charge is -2.37. The molecule has 166 valence electrons. The number of thioether (sulfide) groups is 1. The molecule has 0 bridgehead atoms. The van der Waals surface area contributed by atoms with Gasteiger partial charge >= 0.3 is 0 Å². The van der Waals surface area contributed by atoms with Crippen molar-refractivity contribution in [2.24, 2.45) is 0 Å². The van der Waals surface area contributed by atoms with Crippen LogP contribution >= 0.6 is 11.8 Å². The molecule has 2 heterocycles. The lowest BCUT2D eigenvalue weighted by molar-refractivity contribution is 0.0912. The summed E-state index contributed by atoms with van der Waals surface area (Å²) in [4.78, 5) is 17.0. The Kier molecular flexibility index (Phi) is 6.63. The summed E-state index contributed by atoms with van der Waals surface area (Å²) in [5, 5.41) is 3.24. The second-order valence-electron chi connectivity index (χ2n) is 9.24. The largest absolute Gasteiger partial charge is 0.486 e. The fraction of sp³-hybridized carbons (Fsp3) is 0.500. The van der Waals surface area contributed by atoms with Crippen molar-refractivity contribution in [3.8, 4) is 5.75 Å². The highest BCUT2D eigenvalue weighted by Gasteiger charge is 2.34. The van der Waals surface area contributed by atoms with Gasteiger partial charge in [0, 0.05) is 36.0 Å². The van der Waals surface area contributed by atoms with Crippen molar-refractivity contribution in [2.75, 3.05) is 18.8 Å². The predicted octanol–water partition coefficient (Wildman–Crippen LogP) is 5.08. The summed E-state index contributed by atoms with van der Waals surface area (Å²) >= 11 is 1.77. The molecular formula is C26H34N2O2S. The number of hydrogen-bond donors (Lipinski definition) is 1. The van der Waals surface area contributed by atoms with Crippen LogP contribution in [0.25, 0.3) is 0 Å². The number of carbonyl (C=O) groups is 1. The first kappa shape index (κ1) is 22.2. The molecule has 0 aliphatic carbocycles. The van der Waals surface area contributed by atoms with E-state index in [1.807, 2.05) is 6.07 Å². The first-order chi connectivity index (χ1) is 14.9. The minimum atomic E-state index is -0.266. The van der Waals surface area contributed by atoms with Crippen molar-refractivity contribution in [3.63, 3.8) is 0 Å². The third-order valence-electron chi connectivity index (χ3n) is 6.16. The van der Waals surface area contributed by atoms with Crippen molar-refractivity contribution in [2.45, 2.75) is 70.0 Å². The summed E-state index contributed by atoms with van der Waals surface area (Å²) in [6.45, 7) is 11.2. The van der Waals surface area contributed by atoms with E-state index in [-0.39, 0.29) is 11.5 Å². The van der Waals surface area contributed by atoms with Crippen molar-refractivity contribution in [1.29, 1.82) is 0 Å². The average Bonchev–Trinajstić information content (AvgIpc) is 3.05. The Morgan fingerprint density at radius 1 is 1.19 bits per heavy atom. The lowest BCUT2D eigenvalue weighted by Crippen LogP contribution is -2.47. The Bertz CT molecular complexity index is 956. The SMILES string of the molecule is CCCN1Cc2ccccc2C[C@H]1CNC(=O)c1cc(SCC)cc2c1OC(C)(C)C2. The van der Waals surface area contributed by atoms with Crippen LogP contribution in [0.2, 0.25) is 0 Å². The molecule has 0 fully saturated rings. The molecule has 0 saturated carbocycles. The molecule has 0 aromatic heterocycles. The quantitative estimate of drug-likeness (QED) is 0.612. The van der Waals surface area contributed by atoms with Gasteiger partial charge in [-0.25, -0.2) is 0 Å². The Morgan fingerprint density at radius 2 is 1.97 bits per heavy atom. The number of nitrogens with zero attached hydrogens (tertiary/aromatic N) is 1. The van der Waals surface area contributed by atoms with Crippen LogP contribution in [0.15, 0.2) is 41.3 Å². The molecule has 4 rings (SSSR count). The summed E-state index contributed by atoms with van der Waals surface area (Å²) < 4.78 is 6.20. The maximum absolute atomic E-state index is 13.3. The van der Waals surface area contributed by atoms with E-state index >= 15 is 0 Å². The number of hydrogen-bond acceptors (Lipinski definition) is 4. The van der Waals surface area contributed by atoms with Crippen LogP contribution in [0.4, 0.5) is 0 Å². The molecule has 1 atom stereocenters. The van der Waals surface area contributed by atoms with Gasteiger partial charge in [-0.05, 0) is 62.2 Å². The first-order valence-electron chi connectivity index (χ1n) is 11.5. The molecule has 2 aromatic carbocycles. The van der Waals surface area contributed by atoms with E-state index in [1.54, 1.807) is 11.8 Å². The molecule has 2 aliphatic rings. The highest BCUT2D eigenvalue weighted by molar-refractivity contribution is 7.99. The smallest absolute Gasteiger partial charge is 0.255 e. The topological polar surface area (TPSA) is 41.6 Å². The molecular weight excluding hydrogens is 404 g/mol. The van der Waals surface area contributed by atoms with Gasteiger partial charge in [0.25, 0.3) is 5.91 Å². The lowest BCUT2D eigenvalue weighted by atomic mass is 9.93. The van der Waals surface area contributed by atoms with Gasteiger partial charge in [0.2, 0.25) is 0 Å². The summed E-state index contributed by atoms with van der Waals surface area (Å²) in [6, 6.07) is 13.2. The maximum Gasteiger partial charge on any atom is 0.255 e. The van der Waals surface area contributed by atoms with Crippen LogP contribution < -0.4 is 10.1 Å². The fourth-order valence-electron chi connectivity index (χ4n) is 4.80. The van der Waals surface area contributed by atoms with Gasteiger partial charge in [0.15, 0.2) is 0 Å². The zero-order valence-corrected chi connectivity index (χ0v) is 20.0. The van der Waals surface area contributed by atoms with Gasteiger partial charge in [-0.3, -0.25) is 9.69 Å². The number of rotatable bonds is 7. The highest BCUT2D eigenvalue weighted by Crippen LogP contribution is 2.40. The highest BCUT2D eigenvalue weighted by atomic mass is 32.2. The average molecular weight is 439 g/mol. The molecule has 1 amide bonds. The zero-order chi connectivity index (χ0) is 22.0. The number of ether oxygens (including phenoxy) is 1. The molecule has 31 heavy (non-hydrogen) atoms. The van der Waals surface area contributed by atoms with Crippen molar-refractivity contribution in [1.82, 2.24) is 10.2 Å². The van der Waals surface area contributed by atoms with Gasteiger partial charge in [-0.1, -0.05) is 38.1 Å². The van der Waals surface area contributed by atoms with Crippen LogP contribution in [0.1, 0.15) is 61.2 Å². The Morgan fingerprint density at radius 3 is 2.71 bits per heavy atom. The normalized spacial score (nSPS) is 19.4. The predicted molar refractivity (Wildman–Crippen MR) is 128 cm³/mol. The molecule has 2 aromatic rings. The third kappa shape index (κ3) is 4.93. The van der Waals surface area contributed by atoms with Gasteiger partial charge in [-0.15, -0.1) is 11.8 Å². The van der Waals surface area contributed by atoms with Gasteiger partial charge in [0.05, 0.1) is 5.56 Å². The van der Waals surface area contributed by atoms with Crippen molar-refractivity contribution >= 4 is 17.7 Å². The fourth-order valence-corrected chi connectivity index (χ4v) is 5.56. The standard InChI is InChI=1S/C26H34N2O2S/c1-5-11-28-17-19-10-8-7-9-18(19)12-21(28)16-27-25(29)23-14-22(31-6-2)13-20-15-26(3,4)30-24(20)23/h7-10,13-14,21H,5-6,11-12,15-17H2,1-4H3,(H,27,29)/t21-/m0/s1. The molecule has 0 spiro atoms. The van der Waals surface area contributed by atoms with E-state index in [9.17, 15) is 4.79 Å². The first-order valence-corrected chi connectivity index (χ1v) is 12.5. The summed E-state index contributed by atoms with van der Waals surface area (Å²) in [7, 11) is 0. The number of carbonyl (C=O) groups excluding carboxylic acids is 1. The molecule has 4 nitrogen and oxygen atoms in total. The Hall–Kier alpha value is -1.98. The number of amides is 1. The van der Waals surface area contributed by atoms with E-state index in [2.05, 4.69) is 68.2 Å². The molecule has 1 N–H and O–H groups in total. The van der Waals surface area contributed by atoms with Crippen LogP contribution in [0.3, 0.4) is 0 Å². The van der Waals surface area contributed by atoms with Crippen molar-refractivity contribution < 1.29 is 9.53 Å². The second kappa shape index (κ2) is 9.25. The molecule has 5 heteroatoms. The maximum atomic E-state index is 13.3. The van der Waals surface area contributed by atoms with Crippen LogP contribution in [0.5, 0.6) is 5.75 Å². The van der Waals surface area contributed by atoms with Gasteiger partial charge in [-0.2, -0.15) is 0 Å². The van der Waals surface area contributed by atoms with E-state index in [0.29, 0.717) is 18.2 Å². The van der Waals surface area contributed by atoms with Crippen LogP contribution in [-0.4, -0.2) is 41.3 Å². The number of benzene rings is 2. The summed E-state index contributed by atoms with van der Waals surface area (Å²) in [5.74, 6) is 1.72. The van der Waals surface area contributed by atoms with Gasteiger partial charge < -0.3 is 10.1 Å². The summed E-state index contributed by atoms with van der Waals surface area (Å²) in [5.41, 5.74) is 4.38. The monoisotopic (exact) mass is 438 g/mol. The van der Waals surface area contributed by atoms with E-state index < -0.39 is 0 Å². The summed E-state index contributed by atoms with van der Waals surface area (Å²) in [6.07, 6.45) is 2.92. The molecule has 2 aliphatic heterocycles. The Labute approximate surface area is 190 Å². The van der Waals surface area contributed by atoms with E-state index in [4.69, 9.17) is 4.74 Å². The van der Waals surface area contributed by atoms with Crippen LogP contribution in [-0.2, 0) is 19.4 Å². The van der Waals surface area contributed by atoms with Crippen molar-refractivity contribution in [3.05, 3.63) is 58.7 Å². The van der Waals surface area contributed by atoms with Gasteiger partial charge in [0.1, 0.15) is 11.4 Å². The molecule has 0 radical (unpaired) electrons. The molecule has 0 unspecified atom stereocenters. The zero-order valence-electron chi connectivity index (χ0n) is 19.2. The van der Waals surface area contributed by atoms with Crippen LogP contribution in [0, 0.1) is 0 Å². The van der Waals surface area contributed by atoms with E-state index in [1.165, 1.54) is 11.1 Å². The molecule has 0 saturated heterocycles. The second-order valence-corrected chi connectivity index (χ2v) is 10.6.